The molecule has 1 heterocycles. The molecule has 8 heteroatoms. The molecule has 8 nitrogen and oxygen atoms in total. The number of carbonyl (C=O) groups excluding carboxylic acids is 2. The van der Waals surface area contributed by atoms with Crippen molar-refractivity contribution in [3.05, 3.63) is 0 Å². The summed E-state index contributed by atoms with van der Waals surface area (Å²) in [5, 5.41) is 16.2. The third-order valence-electron chi connectivity index (χ3n) is 2.97. The third-order valence-corrected chi connectivity index (χ3v) is 2.97. The Bertz CT molecular complexity index is 444. The van der Waals surface area contributed by atoms with Crippen LogP contribution in [0.25, 0.3) is 0 Å². The van der Waals surface area contributed by atoms with Gasteiger partial charge in [0.1, 0.15) is 11.3 Å². The molecule has 1 atom stereocenters. The topological polar surface area (TPSA) is 106 Å². The molecule has 0 aromatic carbocycles. The van der Waals surface area contributed by atoms with Crippen LogP contribution in [0.4, 0.5) is 4.79 Å². The first-order valence-electron chi connectivity index (χ1n) is 9.26. The van der Waals surface area contributed by atoms with Crippen molar-refractivity contribution in [1.29, 1.82) is 0 Å². The summed E-state index contributed by atoms with van der Waals surface area (Å²) in [4.78, 5) is 25.1. The molecule has 1 aliphatic heterocycles. The number of rotatable bonds is 3. The number of hydrogen-bond donors (Lipinski definition) is 2. The maximum atomic E-state index is 12.0. The summed E-state index contributed by atoms with van der Waals surface area (Å²) in [6, 6.07) is 0. The van der Waals surface area contributed by atoms with Gasteiger partial charge in [-0.25, -0.2) is 4.79 Å². The molecule has 1 fully saturated rings. The lowest BCUT2D eigenvalue weighted by molar-refractivity contribution is -0.238. The van der Waals surface area contributed by atoms with Crippen LogP contribution in [0.2, 0.25) is 0 Å². The zero-order chi connectivity index (χ0) is 22.1. The van der Waals surface area contributed by atoms with E-state index >= 15 is 0 Å². The van der Waals surface area contributed by atoms with Gasteiger partial charge in [-0.15, -0.1) is 0 Å². The Morgan fingerprint density at radius 1 is 1.11 bits per heavy atom. The van der Waals surface area contributed by atoms with E-state index in [0.717, 1.165) is 0 Å². The van der Waals surface area contributed by atoms with Crippen molar-refractivity contribution in [3.63, 3.8) is 0 Å². The predicted molar refractivity (Wildman–Crippen MR) is 103 cm³/mol. The zero-order valence-electron chi connectivity index (χ0n) is 18.6. The number of aliphatic hydroxyl groups is 2. The first kappa shape index (κ1) is 28.0. The van der Waals surface area contributed by atoms with Gasteiger partial charge in [-0.1, -0.05) is 13.8 Å². The molecule has 0 aromatic heterocycles. The molecule has 27 heavy (non-hydrogen) atoms. The van der Waals surface area contributed by atoms with Crippen molar-refractivity contribution < 1.29 is 34.0 Å². The summed E-state index contributed by atoms with van der Waals surface area (Å²) in [6.07, 6.45) is -0.271. The lowest BCUT2D eigenvalue weighted by Crippen LogP contribution is -2.52. The van der Waals surface area contributed by atoms with Crippen molar-refractivity contribution in [2.45, 2.75) is 98.6 Å². The van der Waals surface area contributed by atoms with Crippen LogP contribution in [0.3, 0.4) is 0 Å². The first-order valence-corrected chi connectivity index (χ1v) is 9.26. The summed E-state index contributed by atoms with van der Waals surface area (Å²) >= 11 is 0. The molecule has 0 bridgehead atoms. The fraction of sp³-hybridized carbons (Fsp3) is 0.895. The molecule has 0 radical (unpaired) electrons. The van der Waals surface area contributed by atoms with E-state index in [0.29, 0.717) is 19.4 Å². The number of ketones is 1. The molecule has 0 unspecified atom stereocenters. The van der Waals surface area contributed by atoms with E-state index in [1.165, 1.54) is 18.7 Å². The van der Waals surface area contributed by atoms with E-state index in [9.17, 15) is 9.59 Å². The minimum absolute atomic E-state index is 0.0955. The van der Waals surface area contributed by atoms with E-state index in [1.807, 2.05) is 13.8 Å². The Kier molecular flexibility index (Phi) is 12.0. The molecule has 0 aromatic rings. The molecule has 1 rings (SSSR count). The van der Waals surface area contributed by atoms with Crippen LogP contribution < -0.4 is 0 Å². The second kappa shape index (κ2) is 11.6. The smallest absolute Gasteiger partial charge is 0.412 e. The summed E-state index contributed by atoms with van der Waals surface area (Å²) in [7, 11) is 1.57. The molecule has 1 amide bonds. The molecule has 2 N–H and O–H groups in total. The van der Waals surface area contributed by atoms with Gasteiger partial charge >= 0.3 is 6.09 Å². The fourth-order valence-corrected chi connectivity index (χ4v) is 1.64. The highest BCUT2D eigenvalue weighted by molar-refractivity contribution is 5.82. The Balaban J connectivity index is 0. The van der Waals surface area contributed by atoms with Crippen LogP contribution in [-0.4, -0.2) is 64.0 Å². The molecule has 162 valence electrons. The highest BCUT2D eigenvalue weighted by atomic mass is 16.7. The summed E-state index contributed by atoms with van der Waals surface area (Å²) < 4.78 is 16.2. The van der Waals surface area contributed by atoms with E-state index in [-0.39, 0.29) is 5.78 Å². The Morgan fingerprint density at radius 3 is 1.93 bits per heavy atom. The molecule has 0 saturated carbocycles. The minimum atomic E-state index is -1.50. The Labute approximate surface area is 163 Å². The normalized spacial score (nSPS) is 17.8. The van der Waals surface area contributed by atoms with Gasteiger partial charge in [-0.2, -0.15) is 0 Å². The van der Waals surface area contributed by atoms with Crippen molar-refractivity contribution in [2.24, 2.45) is 0 Å². The highest BCUT2D eigenvalue weighted by Crippen LogP contribution is 2.23. The van der Waals surface area contributed by atoms with Crippen LogP contribution in [0, 0.1) is 0 Å². The average molecular weight is 394 g/mol. The van der Waals surface area contributed by atoms with Gasteiger partial charge in [0.15, 0.2) is 11.6 Å². The van der Waals surface area contributed by atoms with Gasteiger partial charge in [0, 0.05) is 13.5 Å². The van der Waals surface area contributed by atoms with E-state index in [4.69, 9.17) is 24.4 Å². The quantitative estimate of drug-likeness (QED) is 0.710. The van der Waals surface area contributed by atoms with Crippen LogP contribution in [-0.2, 0) is 19.0 Å². The molecule has 0 aliphatic carbocycles. The van der Waals surface area contributed by atoms with Gasteiger partial charge in [0.2, 0.25) is 6.29 Å². The molecule has 0 spiro atoms. The monoisotopic (exact) mass is 393 g/mol. The van der Waals surface area contributed by atoms with E-state index in [1.54, 1.807) is 41.7 Å². The first-order chi connectivity index (χ1) is 12.0. The van der Waals surface area contributed by atoms with Gasteiger partial charge in [0.25, 0.3) is 0 Å². The third kappa shape index (κ3) is 14.5. The molecular weight excluding hydrogens is 354 g/mol. The van der Waals surface area contributed by atoms with Crippen LogP contribution in [0.5, 0.6) is 0 Å². The minimum Gasteiger partial charge on any atom is -0.444 e. The Morgan fingerprint density at radius 2 is 1.56 bits per heavy atom. The van der Waals surface area contributed by atoms with Crippen molar-refractivity contribution >= 4 is 11.9 Å². The van der Waals surface area contributed by atoms with Gasteiger partial charge in [0.05, 0.1) is 6.61 Å². The maximum Gasteiger partial charge on any atom is 0.412 e. The van der Waals surface area contributed by atoms with Gasteiger partial charge in [-0.3, -0.25) is 9.69 Å². The number of amides is 1. The maximum absolute atomic E-state index is 12.0. The van der Waals surface area contributed by atoms with Crippen LogP contribution >= 0.6 is 0 Å². The van der Waals surface area contributed by atoms with Crippen molar-refractivity contribution in [3.8, 4) is 0 Å². The summed E-state index contributed by atoms with van der Waals surface area (Å²) in [5.41, 5.74) is -1.58. The number of ether oxygens (including phenoxy) is 3. The lowest BCUT2D eigenvalue weighted by Gasteiger charge is -2.38. The van der Waals surface area contributed by atoms with E-state index in [2.05, 4.69) is 0 Å². The number of carbonyl (C=O) groups is 2. The number of Topliss-reactive ketones (excluding diaryl/α,β-unsaturated/α-hetero) is 1. The fourth-order valence-electron chi connectivity index (χ4n) is 1.64. The lowest BCUT2D eigenvalue weighted by atomic mass is 10.1. The highest BCUT2D eigenvalue weighted by Gasteiger charge is 2.37. The van der Waals surface area contributed by atoms with Crippen LogP contribution in [0.15, 0.2) is 0 Å². The second-order valence-corrected chi connectivity index (χ2v) is 7.87. The second-order valence-electron chi connectivity index (χ2n) is 7.87. The molecule has 1 saturated heterocycles. The molecular formula is C19H39NO7. The van der Waals surface area contributed by atoms with E-state index < -0.39 is 29.5 Å². The standard InChI is InChI=1S/C14H25NO5.C3H8O2.C2H6/c1-13(2,3)20-12(17)15(6)14(4,5)19-11-10(16)8-7-9-18-11;1-3(2,4)5;1-2/h11H,7-9H2,1-6H3;4-5H,1-2H3;1-2H3/t11-;;/m0../s1. The predicted octanol–water partition coefficient (Wildman–Crippen LogP) is 3.04. The molecule has 1 aliphatic rings. The SMILES string of the molecule is CC.CC(C)(O)O.CN(C(=O)OC(C)(C)C)C(C)(C)O[C@@H]1OCCCC1=O. The van der Waals surface area contributed by atoms with Gasteiger partial charge < -0.3 is 24.4 Å². The van der Waals surface area contributed by atoms with Crippen molar-refractivity contribution in [1.82, 2.24) is 4.90 Å². The van der Waals surface area contributed by atoms with Crippen LogP contribution in [0.1, 0.15) is 75.2 Å². The summed E-state index contributed by atoms with van der Waals surface area (Å²) in [5.74, 6) is -1.60. The summed E-state index contributed by atoms with van der Waals surface area (Å²) in [6.45, 7) is 15.9. The van der Waals surface area contributed by atoms with Gasteiger partial charge in [-0.05, 0) is 54.9 Å². The number of hydrogen-bond acceptors (Lipinski definition) is 7. The average Bonchev–Trinajstić information content (AvgIpc) is 2.47. The van der Waals surface area contributed by atoms with Crippen molar-refractivity contribution in [2.75, 3.05) is 13.7 Å². The zero-order valence-corrected chi connectivity index (χ0v) is 18.6. The largest absolute Gasteiger partial charge is 0.444 e. The Hall–Kier alpha value is -1.22. The number of nitrogens with zero attached hydrogens (tertiary/aromatic N) is 1.